The number of aliphatic carboxylic acids is 1. The number of esters is 5. The van der Waals surface area contributed by atoms with Gasteiger partial charge >= 0.3 is 35.8 Å². The first-order valence-electron chi connectivity index (χ1n) is 20.3. The van der Waals surface area contributed by atoms with E-state index in [1.54, 1.807) is 0 Å². The molecule has 0 radical (unpaired) electrons. The number of ether oxygens (including phenoxy) is 5. The van der Waals surface area contributed by atoms with Gasteiger partial charge < -0.3 is 28.8 Å². The van der Waals surface area contributed by atoms with Crippen LogP contribution in [0, 0.1) is 17.3 Å². The average Bonchev–Trinajstić information content (AvgIpc) is 3.13. The van der Waals surface area contributed by atoms with Crippen molar-refractivity contribution in [2.75, 3.05) is 33.0 Å². The summed E-state index contributed by atoms with van der Waals surface area (Å²) in [5.74, 6) is -1.41. The van der Waals surface area contributed by atoms with Crippen LogP contribution in [0.3, 0.4) is 0 Å². The molecule has 0 aromatic carbocycles. The van der Waals surface area contributed by atoms with E-state index in [9.17, 15) is 28.8 Å². The number of carboxylic acids is 1. The highest BCUT2D eigenvalue weighted by atomic mass is 16.5. The van der Waals surface area contributed by atoms with E-state index in [4.69, 9.17) is 28.8 Å². The molecule has 12 heteroatoms. The Balaban J connectivity index is 0. The second-order valence-electron chi connectivity index (χ2n) is 14.3. The van der Waals surface area contributed by atoms with Crippen LogP contribution in [0.15, 0.2) is 0 Å². The molecule has 0 aliphatic heterocycles. The molecule has 0 bridgehead atoms. The fourth-order valence-corrected chi connectivity index (χ4v) is 4.55. The smallest absolute Gasteiger partial charge is 0.311 e. The third-order valence-electron chi connectivity index (χ3n) is 9.09. The summed E-state index contributed by atoms with van der Waals surface area (Å²) in [6.45, 7) is 15.6. The van der Waals surface area contributed by atoms with Gasteiger partial charge in [-0.15, -0.1) is 0 Å². The summed E-state index contributed by atoms with van der Waals surface area (Å²) in [5.41, 5.74) is -0.486. The van der Waals surface area contributed by atoms with Crippen molar-refractivity contribution in [3.8, 4) is 0 Å². The van der Waals surface area contributed by atoms with Gasteiger partial charge in [0.15, 0.2) is 0 Å². The lowest BCUT2D eigenvalue weighted by Gasteiger charge is -2.20. The van der Waals surface area contributed by atoms with Crippen molar-refractivity contribution < 1.29 is 57.6 Å². The summed E-state index contributed by atoms with van der Waals surface area (Å²) in [6, 6.07) is 0. The van der Waals surface area contributed by atoms with E-state index in [1.165, 1.54) is 12.8 Å². The van der Waals surface area contributed by atoms with Gasteiger partial charge in [0.2, 0.25) is 0 Å². The van der Waals surface area contributed by atoms with E-state index >= 15 is 0 Å². The SMILES string of the molecule is CCC(C)C(=O)OCCCCCC(=O)OCCCCCC(=O)O.CCCCC(CC)COC(=O)CCCCCOC(=O)CCCOC(=O)C(C)(C)CC. The Hall–Kier alpha value is -3.18. The molecule has 0 fully saturated rings. The number of hydrogen-bond acceptors (Lipinski definition) is 11. The normalized spacial score (nSPS) is 12.1. The van der Waals surface area contributed by atoms with Gasteiger partial charge in [0, 0.05) is 25.7 Å². The summed E-state index contributed by atoms with van der Waals surface area (Å²) >= 11 is 0. The molecule has 0 spiro atoms. The minimum atomic E-state index is -0.795. The molecule has 0 rings (SSSR count). The highest BCUT2D eigenvalue weighted by Crippen LogP contribution is 2.21. The first kappa shape index (κ1) is 51.9. The minimum absolute atomic E-state index is 0.0551. The van der Waals surface area contributed by atoms with Crippen LogP contribution in [0.2, 0.25) is 0 Å². The number of unbranched alkanes of at least 4 members (excludes halogenated alkanes) is 7. The maximum Gasteiger partial charge on any atom is 0.311 e. The number of carboxylic acid groups (broad SMARTS) is 1. The van der Waals surface area contributed by atoms with Gasteiger partial charge in [-0.05, 0) is 103 Å². The molecular weight excluding hydrogens is 684 g/mol. The summed E-state index contributed by atoms with van der Waals surface area (Å²) in [5, 5.41) is 8.47. The molecule has 1 N–H and O–H groups in total. The zero-order valence-corrected chi connectivity index (χ0v) is 34.3. The van der Waals surface area contributed by atoms with Crippen LogP contribution in [0.1, 0.15) is 177 Å². The van der Waals surface area contributed by atoms with E-state index in [2.05, 4.69) is 13.8 Å². The molecule has 0 saturated carbocycles. The predicted octanol–water partition coefficient (Wildman–Crippen LogP) is 8.93. The molecule has 0 aliphatic carbocycles. The van der Waals surface area contributed by atoms with Crippen molar-refractivity contribution in [1.82, 2.24) is 0 Å². The number of carbonyl (C=O) groups excluding carboxylic acids is 5. The predicted molar refractivity (Wildman–Crippen MR) is 204 cm³/mol. The zero-order valence-electron chi connectivity index (χ0n) is 34.3. The van der Waals surface area contributed by atoms with Crippen molar-refractivity contribution in [3.05, 3.63) is 0 Å². The van der Waals surface area contributed by atoms with Crippen LogP contribution in [0.25, 0.3) is 0 Å². The van der Waals surface area contributed by atoms with Gasteiger partial charge in [0.1, 0.15) is 0 Å². The quantitative estimate of drug-likeness (QED) is 0.0393. The first-order chi connectivity index (χ1) is 25.2. The van der Waals surface area contributed by atoms with Gasteiger partial charge in [0.05, 0.1) is 44.4 Å². The van der Waals surface area contributed by atoms with Gasteiger partial charge in [0.25, 0.3) is 0 Å². The maximum absolute atomic E-state index is 11.8. The number of carbonyl (C=O) groups is 6. The van der Waals surface area contributed by atoms with E-state index in [-0.39, 0.29) is 55.2 Å². The average molecular weight is 759 g/mol. The molecule has 0 amide bonds. The van der Waals surface area contributed by atoms with Crippen molar-refractivity contribution in [2.45, 2.75) is 177 Å². The number of rotatable bonds is 32. The van der Waals surface area contributed by atoms with Crippen LogP contribution in [-0.4, -0.2) is 74.0 Å². The Labute approximate surface area is 320 Å². The molecule has 12 nitrogen and oxygen atoms in total. The molecule has 0 saturated heterocycles. The van der Waals surface area contributed by atoms with Gasteiger partial charge in [-0.3, -0.25) is 28.8 Å². The Morgan fingerprint density at radius 3 is 1.49 bits per heavy atom. The van der Waals surface area contributed by atoms with Gasteiger partial charge in [-0.2, -0.15) is 0 Å². The first-order valence-corrected chi connectivity index (χ1v) is 20.3. The van der Waals surface area contributed by atoms with E-state index in [0.717, 1.165) is 64.2 Å². The summed E-state index contributed by atoms with van der Waals surface area (Å²) < 4.78 is 25.9. The number of hydrogen-bond donors (Lipinski definition) is 1. The lowest BCUT2D eigenvalue weighted by Crippen LogP contribution is -2.26. The molecule has 0 aromatic heterocycles. The Morgan fingerprint density at radius 1 is 0.547 bits per heavy atom. The molecule has 310 valence electrons. The van der Waals surface area contributed by atoms with Crippen LogP contribution in [-0.2, 0) is 52.5 Å². The van der Waals surface area contributed by atoms with Crippen LogP contribution in [0.5, 0.6) is 0 Å². The maximum atomic E-state index is 11.8. The Morgan fingerprint density at radius 2 is 1.02 bits per heavy atom. The lowest BCUT2D eigenvalue weighted by molar-refractivity contribution is -0.155. The largest absolute Gasteiger partial charge is 0.481 e. The summed E-state index contributed by atoms with van der Waals surface area (Å²) in [6.07, 6.45) is 14.3. The molecule has 0 heterocycles. The fraction of sp³-hybridized carbons (Fsp3) is 0.854. The van der Waals surface area contributed by atoms with E-state index in [1.807, 2.05) is 34.6 Å². The highest BCUT2D eigenvalue weighted by Gasteiger charge is 2.26. The van der Waals surface area contributed by atoms with Gasteiger partial charge in [-0.1, -0.05) is 53.9 Å². The van der Waals surface area contributed by atoms with Crippen molar-refractivity contribution in [3.63, 3.8) is 0 Å². The minimum Gasteiger partial charge on any atom is -0.481 e. The monoisotopic (exact) mass is 759 g/mol. The van der Waals surface area contributed by atoms with E-state index in [0.29, 0.717) is 70.9 Å². The molecular formula is C41H74O12. The van der Waals surface area contributed by atoms with Crippen LogP contribution in [0.4, 0.5) is 0 Å². The summed E-state index contributed by atoms with van der Waals surface area (Å²) in [7, 11) is 0. The van der Waals surface area contributed by atoms with Crippen LogP contribution < -0.4 is 0 Å². The standard InChI is InChI=1S/C24H44O6.C17H30O6/c1-6-9-14-20(7-2)19-30-22(26)15-11-10-12-17-28-21(25)16-13-18-29-23(27)24(4,5)8-3;1-3-14(2)17(21)23-13-9-5-7-11-16(20)22-12-8-4-6-10-15(18)19/h20H,6-19H2,1-5H3;14H,3-13H2,1-2H3,(H,18,19). The third kappa shape index (κ3) is 33.1. The van der Waals surface area contributed by atoms with Crippen molar-refractivity contribution in [1.29, 1.82) is 0 Å². The molecule has 0 aromatic rings. The Bertz CT molecular complexity index is 993. The zero-order chi connectivity index (χ0) is 40.3. The second-order valence-corrected chi connectivity index (χ2v) is 14.3. The van der Waals surface area contributed by atoms with Gasteiger partial charge in [-0.25, -0.2) is 0 Å². The second kappa shape index (κ2) is 34.6. The van der Waals surface area contributed by atoms with E-state index < -0.39 is 11.4 Å². The lowest BCUT2D eigenvalue weighted by atomic mass is 9.91. The molecule has 0 aliphatic rings. The van der Waals surface area contributed by atoms with Crippen molar-refractivity contribution in [2.24, 2.45) is 17.3 Å². The molecule has 53 heavy (non-hydrogen) atoms. The molecule has 2 atom stereocenters. The topological polar surface area (TPSA) is 169 Å². The van der Waals surface area contributed by atoms with Crippen LogP contribution >= 0.6 is 0 Å². The summed E-state index contributed by atoms with van der Waals surface area (Å²) in [4.78, 5) is 68.5. The third-order valence-corrected chi connectivity index (χ3v) is 9.09. The fourth-order valence-electron chi connectivity index (χ4n) is 4.55. The highest BCUT2D eigenvalue weighted by molar-refractivity contribution is 5.76. The molecule has 2 unspecified atom stereocenters. The van der Waals surface area contributed by atoms with Crippen molar-refractivity contribution >= 4 is 35.8 Å². The Kier molecular flexibility index (Phi) is 33.9.